The molecule has 3 N–H and O–H groups in total. The zero-order valence-corrected chi connectivity index (χ0v) is 26.7. The smallest absolute Gasteiger partial charge is 0.242 e. The number of aryl methyl sites for hydroxylation is 1. The fourth-order valence-electron chi connectivity index (χ4n) is 5.41. The van der Waals surface area contributed by atoms with E-state index in [1.54, 1.807) is 33.5 Å². The number of anilines is 1. The van der Waals surface area contributed by atoms with Crippen LogP contribution in [0.4, 0.5) is 5.69 Å². The quantitative estimate of drug-likeness (QED) is 0.270. The third-order valence-electron chi connectivity index (χ3n) is 7.79. The van der Waals surface area contributed by atoms with Crippen molar-refractivity contribution in [2.75, 3.05) is 39.8 Å². The third-order valence-corrected chi connectivity index (χ3v) is 7.79. The molecule has 43 heavy (non-hydrogen) atoms. The van der Waals surface area contributed by atoms with E-state index in [0.717, 1.165) is 23.1 Å². The van der Waals surface area contributed by atoms with Gasteiger partial charge in [-0.2, -0.15) is 0 Å². The van der Waals surface area contributed by atoms with E-state index in [4.69, 9.17) is 18.9 Å². The van der Waals surface area contributed by atoms with Gasteiger partial charge in [0, 0.05) is 25.6 Å². The van der Waals surface area contributed by atoms with Gasteiger partial charge in [-0.05, 0) is 73.9 Å². The standard InChI is InChI=1S/C33H47N3O7/c1-9-20(4)30(33(39)34-15-10-16-43-19(2)3)36-26-14-12-23-24(18-27(26)38)25(35-21(5)37)13-11-22-17-28(40-6)31(41-7)32(42-8)29(22)23/h12,14,17-20,25,30H,9-11,13,15-16H2,1-8H3,(H,34,39)(H,35,37)(H,36,38)/t20-,25+,30+/m0/s1. The summed E-state index contributed by atoms with van der Waals surface area (Å²) in [7, 11) is 4.68. The van der Waals surface area contributed by atoms with Crippen molar-refractivity contribution in [3.8, 4) is 28.4 Å². The molecule has 0 bridgehead atoms. The van der Waals surface area contributed by atoms with Crippen molar-refractivity contribution >= 4 is 17.5 Å². The van der Waals surface area contributed by atoms with Crippen LogP contribution in [0.25, 0.3) is 11.1 Å². The summed E-state index contributed by atoms with van der Waals surface area (Å²) in [6.45, 7) is 10.4. The fraction of sp³-hybridized carbons (Fsp3) is 0.545. The van der Waals surface area contributed by atoms with Gasteiger partial charge in [0.1, 0.15) is 6.04 Å². The summed E-state index contributed by atoms with van der Waals surface area (Å²) in [6, 6.07) is 5.98. The topological polar surface area (TPSA) is 124 Å². The number of carbonyl (C=O) groups excluding carboxylic acids is 2. The summed E-state index contributed by atoms with van der Waals surface area (Å²) in [5.41, 5.74) is 3.10. The summed E-state index contributed by atoms with van der Waals surface area (Å²) in [4.78, 5) is 39.3. The molecule has 0 unspecified atom stereocenters. The average Bonchev–Trinajstić information content (AvgIpc) is 3.22. The largest absolute Gasteiger partial charge is 0.493 e. The molecule has 0 radical (unpaired) electrons. The van der Waals surface area contributed by atoms with Gasteiger partial charge in [0.25, 0.3) is 0 Å². The first-order chi connectivity index (χ1) is 20.6. The van der Waals surface area contributed by atoms with Crippen LogP contribution >= 0.6 is 0 Å². The molecule has 3 rings (SSSR count). The molecule has 10 heteroatoms. The second kappa shape index (κ2) is 15.6. The number of ether oxygens (including phenoxy) is 4. The Balaban J connectivity index is 2.10. The van der Waals surface area contributed by atoms with Crippen molar-refractivity contribution in [3.05, 3.63) is 45.6 Å². The third kappa shape index (κ3) is 8.19. The molecule has 0 heterocycles. The highest BCUT2D eigenvalue weighted by Crippen LogP contribution is 2.50. The number of benzene rings is 1. The maximum Gasteiger partial charge on any atom is 0.242 e. The van der Waals surface area contributed by atoms with E-state index in [1.165, 1.54) is 6.92 Å². The molecule has 236 valence electrons. The molecule has 2 amide bonds. The molecule has 0 spiro atoms. The predicted octanol–water partition coefficient (Wildman–Crippen LogP) is 4.62. The van der Waals surface area contributed by atoms with Crippen LogP contribution in [-0.4, -0.2) is 58.4 Å². The minimum Gasteiger partial charge on any atom is -0.493 e. The van der Waals surface area contributed by atoms with E-state index in [-0.39, 0.29) is 29.3 Å². The molecule has 0 aliphatic heterocycles. The van der Waals surface area contributed by atoms with Crippen molar-refractivity contribution < 1.29 is 28.5 Å². The maximum absolute atomic E-state index is 13.8. The molecule has 0 aromatic heterocycles. The van der Waals surface area contributed by atoms with E-state index in [2.05, 4.69) is 16.0 Å². The van der Waals surface area contributed by atoms with Crippen LogP contribution < -0.4 is 35.6 Å². The number of carbonyl (C=O) groups is 2. The van der Waals surface area contributed by atoms with Crippen LogP contribution in [0.2, 0.25) is 0 Å². The average molecular weight is 598 g/mol. The molecule has 0 fully saturated rings. The van der Waals surface area contributed by atoms with Gasteiger partial charge in [0.15, 0.2) is 11.5 Å². The zero-order chi connectivity index (χ0) is 31.7. The summed E-state index contributed by atoms with van der Waals surface area (Å²) in [6.07, 6.45) is 2.73. The Morgan fingerprint density at radius 2 is 1.74 bits per heavy atom. The minimum atomic E-state index is -0.622. The number of nitrogens with one attached hydrogen (secondary N) is 3. The summed E-state index contributed by atoms with van der Waals surface area (Å²) in [5, 5.41) is 9.25. The number of hydrogen-bond acceptors (Lipinski definition) is 8. The van der Waals surface area contributed by atoms with Crippen molar-refractivity contribution in [1.82, 2.24) is 10.6 Å². The van der Waals surface area contributed by atoms with Crippen molar-refractivity contribution in [2.45, 2.75) is 78.5 Å². The van der Waals surface area contributed by atoms with Gasteiger partial charge in [0.05, 0.1) is 39.2 Å². The van der Waals surface area contributed by atoms with Gasteiger partial charge >= 0.3 is 0 Å². The molecule has 1 aliphatic carbocycles. The first-order valence-corrected chi connectivity index (χ1v) is 15.0. The summed E-state index contributed by atoms with van der Waals surface area (Å²) in [5.74, 6) is 1.03. The lowest BCUT2D eigenvalue weighted by Gasteiger charge is -2.24. The highest BCUT2D eigenvalue weighted by molar-refractivity contribution is 5.86. The van der Waals surface area contributed by atoms with Gasteiger partial charge in [-0.25, -0.2) is 0 Å². The Morgan fingerprint density at radius 1 is 1.02 bits per heavy atom. The first-order valence-electron chi connectivity index (χ1n) is 15.0. The Hall–Kier alpha value is -3.79. The van der Waals surface area contributed by atoms with Crippen molar-refractivity contribution in [2.24, 2.45) is 5.92 Å². The van der Waals surface area contributed by atoms with E-state index in [9.17, 15) is 14.4 Å². The van der Waals surface area contributed by atoms with E-state index >= 15 is 0 Å². The van der Waals surface area contributed by atoms with Gasteiger partial charge < -0.3 is 34.9 Å². The normalized spacial score (nSPS) is 15.3. The van der Waals surface area contributed by atoms with Crippen molar-refractivity contribution in [1.29, 1.82) is 0 Å². The van der Waals surface area contributed by atoms with Crippen LogP contribution in [0.1, 0.15) is 71.0 Å². The van der Waals surface area contributed by atoms with Crippen LogP contribution in [0.5, 0.6) is 17.2 Å². The van der Waals surface area contributed by atoms with Gasteiger partial charge in [-0.15, -0.1) is 0 Å². The molecule has 10 nitrogen and oxygen atoms in total. The van der Waals surface area contributed by atoms with E-state index < -0.39 is 12.1 Å². The molecule has 0 saturated heterocycles. The van der Waals surface area contributed by atoms with Gasteiger partial charge in [-0.3, -0.25) is 14.4 Å². The Bertz CT molecular complexity index is 1340. The molecular formula is C33H47N3O7. The van der Waals surface area contributed by atoms with Crippen LogP contribution in [-0.2, 0) is 20.7 Å². The van der Waals surface area contributed by atoms with Crippen molar-refractivity contribution in [3.63, 3.8) is 0 Å². The first kappa shape index (κ1) is 33.7. The molecule has 2 aromatic carbocycles. The Kier molecular flexibility index (Phi) is 12.2. The highest BCUT2D eigenvalue weighted by atomic mass is 16.5. The number of methoxy groups -OCH3 is 3. The van der Waals surface area contributed by atoms with Gasteiger partial charge in [0.2, 0.25) is 23.0 Å². The number of hydrogen-bond donors (Lipinski definition) is 3. The second-order valence-electron chi connectivity index (χ2n) is 11.2. The molecule has 3 atom stereocenters. The van der Waals surface area contributed by atoms with E-state index in [0.29, 0.717) is 60.9 Å². The lowest BCUT2D eigenvalue weighted by molar-refractivity contribution is -0.123. The number of fused-ring (bicyclic) bond motifs is 3. The summed E-state index contributed by atoms with van der Waals surface area (Å²) < 4.78 is 22.7. The van der Waals surface area contributed by atoms with Gasteiger partial charge in [-0.1, -0.05) is 26.3 Å². The molecule has 0 saturated carbocycles. The van der Waals surface area contributed by atoms with Crippen LogP contribution in [0.3, 0.4) is 0 Å². The molecule has 1 aliphatic rings. The highest BCUT2D eigenvalue weighted by Gasteiger charge is 2.30. The second-order valence-corrected chi connectivity index (χ2v) is 11.2. The minimum absolute atomic E-state index is 0.0423. The lowest BCUT2D eigenvalue weighted by atomic mass is 9.95. The monoisotopic (exact) mass is 597 g/mol. The number of rotatable bonds is 14. The summed E-state index contributed by atoms with van der Waals surface area (Å²) >= 11 is 0. The predicted molar refractivity (Wildman–Crippen MR) is 168 cm³/mol. The van der Waals surface area contributed by atoms with Crippen LogP contribution in [0, 0.1) is 5.92 Å². The van der Waals surface area contributed by atoms with Crippen LogP contribution in [0.15, 0.2) is 29.1 Å². The number of amides is 2. The zero-order valence-electron chi connectivity index (χ0n) is 26.7. The fourth-order valence-corrected chi connectivity index (χ4v) is 5.41. The Morgan fingerprint density at radius 3 is 2.35 bits per heavy atom. The molecular weight excluding hydrogens is 550 g/mol. The lowest BCUT2D eigenvalue weighted by Crippen LogP contribution is -2.44. The Labute approximate surface area is 254 Å². The SMILES string of the molecule is CC[C@H](C)[C@@H](Nc1ccc2c(cc1=O)[C@H](NC(C)=O)CCc1cc(OC)c(OC)c(OC)c1-2)C(=O)NCCCOC(C)C. The maximum atomic E-state index is 13.8. The molecule has 2 aromatic rings. The van der Waals surface area contributed by atoms with E-state index in [1.807, 2.05) is 39.8 Å².